The summed E-state index contributed by atoms with van der Waals surface area (Å²) in [7, 11) is 1.31. The molecule has 0 radical (unpaired) electrons. The summed E-state index contributed by atoms with van der Waals surface area (Å²) in [6.07, 6.45) is 6.45. The molecule has 0 aromatic heterocycles. The first-order chi connectivity index (χ1) is 11.1. The number of carbonyl (C=O) groups is 1. The molecule has 23 heavy (non-hydrogen) atoms. The summed E-state index contributed by atoms with van der Waals surface area (Å²) >= 11 is 0. The van der Waals surface area contributed by atoms with Crippen molar-refractivity contribution in [1.82, 2.24) is 0 Å². The maximum atomic E-state index is 11.2. The molecule has 0 N–H and O–H groups in total. The van der Waals surface area contributed by atoms with Crippen molar-refractivity contribution in [3.63, 3.8) is 0 Å². The molecule has 0 saturated heterocycles. The number of methoxy groups -OCH3 is 1. The van der Waals surface area contributed by atoms with E-state index in [0.29, 0.717) is 36.3 Å². The second-order valence-corrected chi connectivity index (χ2v) is 4.77. The SMILES string of the molecule is COC(=O)/C=C/CCC/C=C(\c1ccc2c(c1)OCO2)[N+](=O)[O-]. The standard InChI is InChI=1S/C16H17NO6/c1-21-16(18)7-5-3-2-4-6-13(17(19)20)12-8-9-14-15(10-12)23-11-22-14/h5-10H,2-4,11H2,1H3/b7-5+,13-6+. The van der Waals surface area contributed by atoms with Gasteiger partial charge in [-0.15, -0.1) is 0 Å². The minimum absolute atomic E-state index is 0.0280. The maximum absolute atomic E-state index is 11.2. The van der Waals surface area contributed by atoms with Crippen molar-refractivity contribution in [3.8, 4) is 11.5 Å². The van der Waals surface area contributed by atoms with Crippen LogP contribution in [0.4, 0.5) is 0 Å². The Bertz CT molecular complexity index is 650. The fourth-order valence-corrected chi connectivity index (χ4v) is 2.08. The zero-order valence-corrected chi connectivity index (χ0v) is 12.7. The van der Waals surface area contributed by atoms with E-state index in [0.717, 1.165) is 0 Å². The van der Waals surface area contributed by atoms with Crippen molar-refractivity contribution in [2.75, 3.05) is 13.9 Å². The Labute approximate surface area is 133 Å². The zero-order chi connectivity index (χ0) is 16.7. The van der Waals surface area contributed by atoms with Gasteiger partial charge in [0.05, 0.1) is 17.6 Å². The third-order valence-electron chi connectivity index (χ3n) is 3.23. The number of ether oxygens (including phenoxy) is 3. The van der Waals surface area contributed by atoms with Gasteiger partial charge in [-0.05, 0) is 43.5 Å². The first kappa shape index (κ1) is 16.5. The van der Waals surface area contributed by atoms with Crippen molar-refractivity contribution in [2.45, 2.75) is 19.3 Å². The van der Waals surface area contributed by atoms with Crippen LogP contribution in [0.1, 0.15) is 24.8 Å². The molecule has 1 aliphatic rings. The molecule has 7 heteroatoms. The number of esters is 1. The van der Waals surface area contributed by atoms with Crippen LogP contribution in [0, 0.1) is 10.1 Å². The molecule has 0 fully saturated rings. The zero-order valence-electron chi connectivity index (χ0n) is 12.7. The van der Waals surface area contributed by atoms with Gasteiger partial charge in [0.1, 0.15) is 0 Å². The number of carbonyl (C=O) groups excluding carboxylic acids is 1. The van der Waals surface area contributed by atoms with Crippen molar-refractivity contribution in [2.24, 2.45) is 0 Å². The Kier molecular flexibility index (Phi) is 5.74. The highest BCUT2D eigenvalue weighted by Crippen LogP contribution is 2.34. The van der Waals surface area contributed by atoms with Crippen molar-refractivity contribution < 1.29 is 23.9 Å². The van der Waals surface area contributed by atoms with Gasteiger partial charge in [0.15, 0.2) is 11.5 Å². The molecule has 2 rings (SSSR count). The Morgan fingerprint density at radius 3 is 2.87 bits per heavy atom. The third kappa shape index (κ3) is 4.57. The minimum atomic E-state index is -0.415. The van der Waals surface area contributed by atoms with Crippen molar-refractivity contribution in [3.05, 3.63) is 52.1 Å². The van der Waals surface area contributed by atoms with Gasteiger partial charge < -0.3 is 14.2 Å². The number of nitrogens with zero attached hydrogens (tertiary/aromatic N) is 1. The fraction of sp³-hybridized carbons (Fsp3) is 0.312. The molecule has 1 aromatic rings. The predicted molar refractivity (Wildman–Crippen MR) is 82.5 cm³/mol. The van der Waals surface area contributed by atoms with Crippen molar-refractivity contribution in [1.29, 1.82) is 0 Å². The normalized spacial score (nSPS) is 13.3. The van der Waals surface area contributed by atoms with Gasteiger partial charge in [-0.3, -0.25) is 10.1 Å². The highest BCUT2D eigenvalue weighted by atomic mass is 16.7. The molecule has 122 valence electrons. The van der Waals surface area contributed by atoms with Crippen LogP contribution in [-0.2, 0) is 9.53 Å². The molecule has 0 spiro atoms. The molecule has 1 aliphatic heterocycles. The number of allylic oxidation sites excluding steroid dienone is 2. The first-order valence-electron chi connectivity index (χ1n) is 7.11. The Hall–Kier alpha value is -2.83. The second kappa shape index (κ2) is 7.98. The molecule has 1 aromatic carbocycles. The second-order valence-electron chi connectivity index (χ2n) is 4.77. The van der Waals surface area contributed by atoms with E-state index >= 15 is 0 Å². The Balaban J connectivity index is 1.97. The van der Waals surface area contributed by atoms with E-state index in [4.69, 9.17) is 9.47 Å². The molecule has 0 saturated carbocycles. The predicted octanol–water partition coefficient (Wildman–Crippen LogP) is 2.93. The number of hydrogen-bond acceptors (Lipinski definition) is 6. The Morgan fingerprint density at radius 2 is 2.13 bits per heavy atom. The summed E-state index contributed by atoms with van der Waals surface area (Å²) < 4.78 is 14.9. The van der Waals surface area contributed by atoms with Crippen LogP contribution in [0.25, 0.3) is 5.70 Å². The molecular formula is C16H17NO6. The summed E-state index contributed by atoms with van der Waals surface area (Å²) in [5, 5.41) is 11.2. The quantitative estimate of drug-likeness (QED) is 0.252. The third-order valence-corrected chi connectivity index (χ3v) is 3.23. The van der Waals surface area contributed by atoms with Crippen LogP contribution in [0.15, 0.2) is 36.4 Å². The van der Waals surface area contributed by atoms with Crippen LogP contribution >= 0.6 is 0 Å². The van der Waals surface area contributed by atoms with Gasteiger partial charge in [-0.1, -0.05) is 6.08 Å². The summed E-state index contributed by atoms with van der Waals surface area (Å²) in [4.78, 5) is 21.7. The highest BCUT2D eigenvalue weighted by Gasteiger charge is 2.19. The molecule has 1 heterocycles. The first-order valence-corrected chi connectivity index (χ1v) is 7.11. The number of rotatable bonds is 7. The monoisotopic (exact) mass is 319 g/mol. The maximum Gasteiger partial charge on any atom is 0.330 e. The lowest BCUT2D eigenvalue weighted by atomic mass is 10.1. The molecule has 0 amide bonds. The van der Waals surface area contributed by atoms with Crippen molar-refractivity contribution >= 4 is 11.7 Å². The summed E-state index contributed by atoms with van der Waals surface area (Å²) in [5.74, 6) is 0.688. The van der Waals surface area contributed by atoms with Gasteiger partial charge in [0, 0.05) is 6.08 Å². The number of nitro groups is 1. The van der Waals surface area contributed by atoms with Gasteiger partial charge in [-0.2, -0.15) is 0 Å². The molecule has 7 nitrogen and oxygen atoms in total. The number of benzene rings is 1. The average molecular weight is 319 g/mol. The molecule has 0 atom stereocenters. The van der Waals surface area contributed by atoms with E-state index in [-0.39, 0.29) is 12.5 Å². The van der Waals surface area contributed by atoms with Crippen LogP contribution in [0.2, 0.25) is 0 Å². The lowest BCUT2D eigenvalue weighted by molar-refractivity contribution is -0.375. The van der Waals surface area contributed by atoms with Gasteiger partial charge in [-0.25, -0.2) is 4.79 Å². The lowest BCUT2D eigenvalue weighted by Gasteiger charge is -2.01. The number of unbranched alkanes of at least 4 members (excludes halogenated alkanes) is 2. The molecular weight excluding hydrogens is 302 g/mol. The largest absolute Gasteiger partial charge is 0.466 e. The van der Waals surface area contributed by atoms with E-state index in [1.807, 2.05) is 0 Å². The van der Waals surface area contributed by atoms with E-state index in [2.05, 4.69) is 4.74 Å². The lowest BCUT2D eigenvalue weighted by Crippen LogP contribution is -1.98. The number of fused-ring (bicyclic) bond motifs is 1. The van der Waals surface area contributed by atoms with E-state index in [9.17, 15) is 14.9 Å². The smallest absolute Gasteiger partial charge is 0.330 e. The average Bonchev–Trinajstić information content (AvgIpc) is 3.00. The van der Waals surface area contributed by atoms with Gasteiger partial charge in [0.25, 0.3) is 5.70 Å². The molecule has 0 bridgehead atoms. The van der Waals surface area contributed by atoms with Crippen LogP contribution < -0.4 is 9.47 Å². The van der Waals surface area contributed by atoms with E-state index < -0.39 is 10.9 Å². The van der Waals surface area contributed by atoms with Gasteiger partial charge >= 0.3 is 5.97 Å². The molecule has 0 unspecified atom stereocenters. The van der Waals surface area contributed by atoms with E-state index in [1.54, 1.807) is 30.4 Å². The van der Waals surface area contributed by atoms with Gasteiger partial charge in [0.2, 0.25) is 6.79 Å². The number of hydrogen-bond donors (Lipinski definition) is 0. The molecule has 0 aliphatic carbocycles. The Morgan fingerprint density at radius 1 is 1.35 bits per heavy atom. The minimum Gasteiger partial charge on any atom is -0.466 e. The van der Waals surface area contributed by atoms with Crippen LogP contribution in [0.3, 0.4) is 0 Å². The fourth-order valence-electron chi connectivity index (χ4n) is 2.08. The van der Waals surface area contributed by atoms with E-state index in [1.165, 1.54) is 13.2 Å². The summed E-state index contributed by atoms with van der Waals surface area (Å²) in [6, 6.07) is 4.90. The van der Waals surface area contributed by atoms with Crippen LogP contribution in [0.5, 0.6) is 11.5 Å². The van der Waals surface area contributed by atoms with Crippen LogP contribution in [-0.4, -0.2) is 24.8 Å². The summed E-state index contributed by atoms with van der Waals surface area (Å²) in [6.45, 7) is 0.128. The summed E-state index contributed by atoms with van der Waals surface area (Å²) in [5.41, 5.74) is 0.504. The topological polar surface area (TPSA) is 87.9 Å². The highest BCUT2D eigenvalue weighted by molar-refractivity contribution is 5.81.